The number of hydrogen-bond donors (Lipinski definition) is 1. The van der Waals surface area contributed by atoms with Crippen LogP contribution in [-0.2, 0) is 0 Å². The summed E-state index contributed by atoms with van der Waals surface area (Å²) in [6.45, 7) is 2.25. The first-order valence-corrected chi connectivity index (χ1v) is 4.01. The lowest BCUT2D eigenvalue weighted by atomic mass is 9.97. The molecular formula is C10H15N. The van der Waals surface area contributed by atoms with Crippen molar-refractivity contribution in [3.8, 4) is 0 Å². The first kappa shape index (κ1) is 8.28. The van der Waals surface area contributed by atoms with E-state index in [4.69, 9.17) is 0 Å². The molecule has 0 saturated heterocycles. The van der Waals surface area contributed by atoms with Crippen LogP contribution >= 0.6 is 0 Å². The molecule has 11 heavy (non-hydrogen) atoms. The van der Waals surface area contributed by atoms with Crippen LogP contribution in [0.4, 0.5) is 0 Å². The summed E-state index contributed by atoms with van der Waals surface area (Å²) in [5.74, 6) is 0.769. The third kappa shape index (κ3) is 1.16. The molecule has 1 nitrogen and oxygen atoms in total. The van der Waals surface area contributed by atoms with Gasteiger partial charge in [0.1, 0.15) is 0 Å². The fraction of sp³-hybridized carbons (Fsp3) is 0.400. The Kier molecular flexibility index (Phi) is 2.30. The summed E-state index contributed by atoms with van der Waals surface area (Å²) < 4.78 is 0. The molecule has 60 valence electrons. The van der Waals surface area contributed by atoms with Gasteiger partial charge in [0.05, 0.1) is 0 Å². The Hall–Kier alpha value is -0.820. The van der Waals surface area contributed by atoms with E-state index in [9.17, 15) is 0 Å². The van der Waals surface area contributed by atoms with Crippen LogP contribution in [0.3, 0.4) is 0 Å². The summed E-state index contributed by atoms with van der Waals surface area (Å²) in [6, 6.07) is 0. The molecule has 0 atom stereocenters. The standard InChI is InChI=1S/C10H12.H3N/c1-2-3-10-8-4-5-9(10)7-6-8;/h4-7,10H,2-3H2,1H3;1H3. The summed E-state index contributed by atoms with van der Waals surface area (Å²) >= 11 is 0. The molecule has 0 spiro atoms. The molecule has 2 aliphatic rings. The van der Waals surface area contributed by atoms with Crippen LogP contribution in [0.5, 0.6) is 0 Å². The van der Waals surface area contributed by atoms with Gasteiger partial charge in [0.2, 0.25) is 0 Å². The maximum absolute atomic E-state index is 2.25. The minimum absolute atomic E-state index is 0. The number of fused-ring (bicyclic) bond motifs is 2. The zero-order chi connectivity index (χ0) is 6.97. The first-order chi connectivity index (χ1) is 4.92. The van der Waals surface area contributed by atoms with E-state index in [-0.39, 0.29) is 6.15 Å². The number of hydrogen-bond acceptors (Lipinski definition) is 1. The van der Waals surface area contributed by atoms with Crippen molar-refractivity contribution in [3.05, 3.63) is 35.5 Å². The largest absolute Gasteiger partial charge is 0.344 e. The summed E-state index contributed by atoms with van der Waals surface area (Å²) in [4.78, 5) is 0. The van der Waals surface area contributed by atoms with Crippen molar-refractivity contribution in [2.24, 2.45) is 5.92 Å². The van der Waals surface area contributed by atoms with Gasteiger partial charge in [0.25, 0.3) is 0 Å². The van der Waals surface area contributed by atoms with Crippen molar-refractivity contribution < 1.29 is 0 Å². The highest BCUT2D eigenvalue weighted by Crippen LogP contribution is 2.37. The quantitative estimate of drug-likeness (QED) is 0.643. The Balaban J connectivity index is 0.000000605. The van der Waals surface area contributed by atoms with Gasteiger partial charge in [-0.1, -0.05) is 37.6 Å². The Labute approximate surface area is 68.1 Å². The third-order valence-electron chi connectivity index (χ3n) is 2.32. The summed E-state index contributed by atoms with van der Waals surface area (Å²) in [7, 11) is 0. The minimum Gasteiger partial charge on any atom is -0.344 e. The Bertz CT molecular complexity index is 211. The second-order valence-corrected chi connectivity index (χ2v) is 3.01. The fourth-order valence-corrected chi connectivity index (χ4v) is 1.78. The topological polar surface area (TPSA) is 35.0 Å². The van der Waals surface area contributed by atoms with Crippen LogP contribution in [0.15, 0.2) is 35.5 Å². The summed E-state index contributed by atoms with van der Waals surface area (Å²) in [5.41, 5.74) is 3.05. The van der Waals surface area contributed by atoms with Gasteiger partial charge in [-0.25, -0.2) is 0 Å². The van der Waals surface area contributed by atoms with Crippen molar-refractivity contribution in [2.45, 2.75) is 19.8 Å². The van der Waals surface area contributed by atoms with Gasteiger partial charge >= 0.3 is 0 Å². The predicted octanol–water partition coefficient (Wildman–Crippen LogP) is 3.00. The van der Waals surface area contributed by atoms with E-state index < -0.39 is 0 Å². The lowest BCUT2D eigenvalue weighted by Crippen LogP contribution is -1.94. The molecule has 2 bridgehead atoms. The fourth-order valence-electron chi connectivity index (χ4n) is 1.78. The van der Waals surface area contributed by atoms with Crippen LogP contribution in [0.2, 0.25) is 0 Å². The molecule has 1 heteroatoms. The molecule has 0 heterocycles. The second-order valence-electron chi connectivity index (χ2n) is 3.01. The molecule has 2 rings (SSSR count). The van der Waals surface area contributed by atoms with E-state index in [2.05, 4.69) is 31.2 Å². The highest BCUT2D eigenvalue weighted by Gasteiger charge is 2.22. The summed E-state index contributed by atoms with van der Waals surface area (Å²) in [6.07, 6.45) is 11.6. The van der Waals surface area contributed by atoms with Gasteiger partial charge in [0.15, 0.2) is 0 Å². The van der Waals surface area contributed by atoms with Gasteiger partial charge < -0.3 is 6.15 Å². The van der Waals surface area contributed by atoms with Crippen molar-refractivity contribution in [1.82, 2.24) is 6.15 Å². The summed E-state index contributed by atoms with van der Waals surface area (Å²) in [5, 5.41) is 0. The SMILES string of the molecule is CCCC1C2=CC=C1C=C2.N. The Morgan fingerprint density at radius 2 is 1.73 bits per heavy atom. The van der Waals surface area contributed by atoms with E-state index in [1.54, 1.807) is 0 Å². The van der Waals surface area contributed by atoms with Gasteiger partial charge in [-0.15, -0.1) is 0 Å². The van der Waals surface area contributed by atoms with Gasteiger partial charge in [-0.05, 0) is 17.6 Å². The van der Waals surface area contributed by atoms with E-state index in [1.807, 2.05) is 0 Å². The predicted molar refractivity (Wildman–Crippen MR) is 48.7 cm³/mol. The van der Waals surface area contributed by atoms with Crippen molar-refractivity contribution in [3.63, 3.8) is 0 Å². The van der Waals surface area contributed by atoms with Gasteiger partial charge in [-0.2, -0.15) is 0 Å². The maximum Gasteiger partial charge on any atom is 0.00892 e. The molecule has 0 aromatic heterocycles. The van der Waals surface area contributed by atoms with Gasteiger partial charge in [-0.3, -0.25) is 0 Å². The Morgan fingerprint density at radius 3 is 2.09 bits per heavy atom. The molecule has 0 saturated carbocycles. The molecular weight excluding hydrogens is 134 g/mol. The van der Waals surface area contributed by atoms with E-state index >= 15 is 0 Å². The average Bonchev–Trinajstić information content (AvgIpc) is 2.50. The van der Waals surface area contributed by atoms with Crippen molar-refractivity contribution in [1.29, 1.82) is 0 Å². The van der Waals surface area contributed by atoms with Crippen LogP contribution in [0, 0.1) is 5.92 Å². The van der Waals surface area contributed by atoms with Crippen LogP contribution in [0.1, 0.15) is 19.8 Å². The Morgan fingerprint density at radius 1 is 1.18 bits per heavy atom. The molecule has 0 amide bonds. The molecule has 3 N–H and O–H groups in total. The van der Waals surface area contributed by atoms with Crippen molar-refractivity contribution >= 4 is 0 Å². The maximum atomic E-state index is 2.25. The van der Waals surface area contributed by atoms with Crippen LogP contribution in [-0.4, -0.2) is 0 Å². The van der Waals surface area contributed by atoms with Crippen molar-refractivity contribution in [2.75, 3.05) is 0 Å². The molecule has 0 aromatic rings. The van der Waals surface area contributed by atoms with E-state index in [0.29, 0.717) is 0 Å². The van der Waals surface area contributed by atoms with E-state index in [1.165, 1.54) is 24.0 Å². The van der Waals surface area contributed by atoms with Gasteiger partial charge in [0, 0.05) is 5.92 Å². The third-order valence-corrected chi connectivity index (χ3v) is 2.32. The van der Waals surface area contributed by atoms with Crippen LogP contribution < -0.4 is 6.15 Å². The van der Waals surface area contributed by atoms with E-state index in [0.717, 1.165) is 5.92 Å². The monoisotopic (exact) mass is 149 g/mol. The smallest absolute Gasteiger partial charge is 0.00892 e. The molecule has 0 fully saturated rings. The zero-order valence-corrected chi connectivity index (χ0v) is 7.01. The second kappa shape index (κ2) is 3.05. The molecule has 0 unspecified atom stereocenters. The lowest BCUT2D eigenvalue weighted by Gasteiger charge is -2.07. The normalized spacial score (nSPS) is 19.7. The minimum atomic E-state index is 0. The molecule has 0 aliphatic heterocycles. The molecule has 2 aliphatic carbocycles. The average molecular weight is 149 g/mol. The highest BCUT2D eigenvalue weighted by atomic mass is 14.3. The molecule has 0 aromatic carbocycles. The first-order valence-electron chi connectivity index (χ1n) is 4.01. The molecule has 0 radical (unpaired) electrons. The number of allylic oxidation sites excluding steroid dienone is 6. The lowest BCUT2D eigenvalue weighted by molar-refractivity contribution is 0.669. The number of rotatable bonds is 2. The van der Waals surface area contributed by atoms with Crippen LogP contribution in [0.25, 0.3) is 0 Å². The highest BCUT2D eigenvalue weighted by molar-refractivity contribution is 5.52. The zero-order valence-electron chi connectivity index (χ0n) is 7.01.